The third-order valence-electron chi connectivity index (χ3n) is 7.66. The standard InChI is InChI=1S/C31H46N4O6/c1-21(2)19-35-25(30-26(39-4)13-10-14-27(30)40-5)18-24(33-35)31(38)32-23(16-15-22-11-8-7-9-12-22)17-28(36)34(3)20-29(37)41-6/h10,13-14,18,21-23H,7-9,11-12,15-17,19-20H2,1-6H3,(H,32,38). The summed E-state index contributed by atoms with van der Waals surface area (Å²) in [4.78, 5) is 39.7. The summed E-state index contributed by atoms with van der Waals surface area (Å²) in [7, 11) is 6.06. The molecule has 0 bridgehead atoms. The third kappa shape index (κ3) is 8.96. The summed E-state index contributed by atoms with van der Waals surface area (Å²) in [6.45, 7) is 4.62. The molecule has 1 saturated carbocycles. The highest BCUT2D eigenvalue weighted by Gasteiger charge is 2.26. The van der Waals surface area contributed by atoms with E-state index >= 15 is 0 Å². The predicted molar refractivity (Wildman–Crippen MR) is 157 cm³/mol. The molecule has 1 unspecified atom stereocenters. The topological polar surface area (TPSA) is 112 Å². The molecule has 1 heterocycles. The molecular weight excluding hydrogens is 524 g/mol. The van der Waals surface area contributed by atoms with Crippen LogP contribution >= 0.6 is 0 Å². The Hall–Kier alpha value is -3.56. The first-order valence-corrected chi connectivity index (χ1v) is 14.6. The number of likely N-dealkylation sites (N-methyl/N-ethyl adjacent to an activating group) is 1. The first kappa shape index (κ1) is 32.0. The minimum atomic E-state index is -0.487. The molecule has 2 amide bonds. The number of amides is 2. The van der Waals surface area contributed by atoms with Gasteiger partial charge in [0.1, 0.15) is 18.0 Å². The molecule has 3 rings (SSSR count). The molecule has 10 heteroatoms. The molecule has 1 fully saturated rings. The number of rotatable bonds is 14. The van der Waals surface area contributed by atoms with Crippen molar-refractivity contribution in [2.75, 3.05) is 34.9 Å². The summed E-state index contributed by atoms with van der Waals surface area (Å²) < 4.78 is 17.8. The molecule has 1 aliphatic carbocycles. The molecule has 0 radical (unpaired) electrons. The number of hydrogen-bond donors (Lipinski definition) is 1. The molecule has 1 aromatic carbocycles. The first-order chi connectivity index (χ1) is 19.7. The Morgan fingerprint density at radius 1 is 1.07 bits per heavy atom. The smallest absolute Gasteiger partial charge is 0.325 e. The van der Waals surface area contributed by atoms with Crippen molar-refractivity contribution in [3.8, 4) is 22.8 Å². The van der Waals surface area contributed by atoms with E-state index < -0.39 is 12.0 Å². The lowest BCUT2D eigenvalue weighted by atomic mass is 9.85. The SMILES string of the molecule is COC(=O)CN(C)C(=O)CC(CCC1CCCCC1)NC(=O)c1cc(-c2c(OC)cccc2OC)n(CC(C)C)n1. The van der Waals surface area contributed by atoms with Gasteiger partial charge < -0.3 is 24.4 Å². The van der Waals surface area contributed by atoms with E-state index in [0.29, 0.717) is 36.1 Å². The lowest BCUT2D eigenvalue weighted by Crippen LogP contribution is -2.41. The molecule has 0 spiro atoms. The van der Waals surface area contributed by atoms with Gasteiger partial charge in [-0.05, 0) is 42.9 Å². The Kier molecular flexibility index (Phi) is 12.0. The van der Waals surface area contributed by atoms with Crippen LogP contribution in [0.2, 0.25) is 0 Å². The Morgan fingerprint density at radius 3 is 2.32 bits per heavy atom. The van der Waals surface area contributed by atoms with Crippen LogP contribution < -0.4 is 14.8 Å². The quantitative estimate of drug-likeness (QED) is 0.328. The zero-order chi connectivity index (χ0) is 29.9. The maximum atomic E-state index is 13.6. The molecule has 1 aromatic heterocycles. The average molecular weight is 571 g/mol. The van der Waals surface area contributed by atoms with Crippen molar-refractivity contribution in [3.05, 3.63) is 30.0 Å². The van der Waals surface area contributed by atoms with Crippen molar-refractivity contribution in [2.45, 2.75) is 77.8 Å². The normalized spacial score (nSPS) is 14.4. The Balaban J connectivity index is 1.87. The van der Waals surface area contributed by atoms with E-state index in [4.69, 9.17) is 14.2 Å². The van der Waals surface area contributed by atoms with Crippen molar-refractivity contribution in [1.29, 1.82) is 0 Å². The molecule has 10 nitrogen and oxygen atoms in total. The van der Waals surface area contributed by atoms with Crippen LogP contribution in [-0.2, 0) is 20.9 Å². The van der Waals surface area contributed by atoms with E-state index in [1.165, 1.54) is 44.1 Å². The van der Waals surface area contributed by atoms with Crippen molar-refractivity contribution in [1.82, 2.24) is 20.0 Å². The maximum absolute atomic E-state index is 13.6. The summed E-state index contributed by atoms with van der Waals surface area (Å²) in [6.07, 6.45) is 7.78. The lowest BCUT2D eigenvalue weighted by molar-refractivity contribution is -0.146. The van der Waals surface area contributed by atoms with Gasteiger partial charge in [-0.3, -0.25) is 19.1 Å². The number of aromatic nitrogens is 2. The van der Waals surface area contributed by atoms with Gasteiger partial charge in [-0.25, -0.2) is 0 Å². The second kappa shape index (κ2) is 15.4. The Bertz CT molecular complexity index is 1150. The first-order valence-electron chi connectivity index (χ1n) is 14.6. The summed E-state index contributed by atoms with van der Waals surface area (Å²) >= 11 is 0. The van der Waals surface area contributed by atoms with E-state index in [0.717, 1.165) is 12.0 Å². The molecule has 2 aromatic rings. The average Bonchev–Trinajstić information content (AvgIpc) is 3.38. The fraction of sp³-hybridized carbons (Fsp3) is 0.613. The van der Waals surface area contributed by atoms with Gasteiger partial charge in [-0.1, -0.05) is 52.0 Å². The van der Waals surface area contributed by atoms with Crippen LogP contribution in [0.15, 0.2) is 24.3 Å². The van der Waals surface area contributed by atoms with Crippen LogP contribution in [0.25, 0.3) is 11.3 Å². The van der Waals surface area contributed by atoms with Crippen LogP contribution in [0.3, 0.4) is 0 Å². The highest BCUT2D eigenvalue weighted by atomic mass is 16.5. The Labute approximate surface area is 243 Å². The van der Waals surface area contributed by atoms with E-state index in [1.54, 1.807) is 27.3 Å². The number of nitrogens with one attached hydrogen (secondary N) is 1. The molecule has 1 aliphatic rings. The molecular formula is C31H46N4O6. The Morgan fingerprint density at radius 2 is 1.73 bits per heavy atom. The fourth-order valence-corrected chi connectivity index (χ4v) is 5.43. The van der Waals surface area contributed by atoms with Crippen LogP contribution in [0.4, 0.5) is 0 Å². The highest BCUT2D eigenvalue weighted by molar-refractivity contribution is 5.94. The van der Waals surface area contributed by atoms with Crippen molar-refractivity contribution in [2.24, 2.45) is 11.8 Å². The van der Waals surface area contributed by atoms with Crippen molar-refractivity contribution in [3.63, 3.8) is 0 Å². The van der Waals surface area contributed by atoms with Crippen LogP contribution in [0, 0.1) is 11.8 Å². The highest BCUT2D eigenvalue weighted by Crippen LogP contribution is 2.39. The summed E-state index contributed by atoms with van der Waals surface area (Å²) in [6, 6.07) is 6.91. The van der Waals surface area contributed by atoms with E-state index in [9.17, 15) is 14.4 Å². The number of benzene rings is 1. The van der Waals surface area contributed by atoms with Gasteiger partial charge in [0.15, 0.2) is 5.69 Å². The lowest BCUT2D eigenvalue weighted by Gasteiger charge is -2.25. The molecule has 1 atom stereocenters. The minimum Gasteiger partial charge on any atom is -0.496 e. The van der Waals surface area contributed by atoms with Crippen LogP contribution in [-0.4, -0.2) is 73.4 Å². The second-order valence-corrected chi connectivity index (χ2v) is 11.3. The molecule has 0 saturated heterocycles. The maximum Gasteiger partial charge on any atom is 0.325 e. The van der Waals surface area contributed by atoms with Crippen molar-refractivity contribution < 1.29 is 28.6 Å². The van der Waals surface area contributed by atoms with Crippen LogP contribution in [0.5, 0.6) is 11.5 Å². The molecule has 226 valence electrons. The summed E-state index contributed by atoms with van der Waals surface area (Å²) in [5, 5.41) is 7.77. The van der Waals surface area contributed by atoms with Crippen molar-refractivity contribution >= 4 is 17.8 Å². The number of ether oxygens (including phenoxy) is 3. The number of methoxy groups -OCH3 is 3. The number of esters is 1. The van der Waals surface area contributed by atoms with E-state index in [1.807, 2.05) is 22.9 Å². The van der Waals surface area contributed by atoms with Gasteiger partial charge in [-0.15, -0.1) is 0 Å². The third-order valence-corrected chi connectivity index (χ3v) is 7.66. The van der Waals surface area contributed by atoms with Crippen LogP contribution in [0.1, 0.15) is 75.7 Å². The van der Waals surface area contributed by atoms with Gasteiger partial charge in [0.2, 0.25) is 5.91 Å². The zero-order valence-electron chi connectivity index (χ0n) is 25.4. The number of carbonyl (C=O) groups is 3. The van der Waals surface area contributed by atoms with E-state index in [2.05, 4.69) is 24.3 Å². The second-order valence-electron chi connectivity index (χ2n) is 11.3. The van der Waals surface area contributed by atoms with E-state index in [-0.39, 0.29) is 36.4 Å². The number of carbonyl (C=O) groups excluding carboxylic acids is 3. The van der Waals surface area contributed by atoms with Gasteiger partial charge in [0.25, 0.3) is 5.91 Å². The fourth-order valence-electron chi connectivity index (χ4n) is 5.43. The zero-order valence-corrected chi connectivity index (χ0v) is 25.4. The monoisotopic (exact) mass is 570 g/mol. The van der Waals surface area contributed by atoms with Gasteiger partial charge in [-0.2, -0.15) is 5.10 Å². The predicted octanol–water partition coefficient (Wildman–Crippen LogP) is 4.70. The van der Waals surface area contributed by atoms with Gasteiger partial charge in [0, 0.05) is 26.1 Å². The minimum absolute atomic E-state index is 0.0891. The molecule has 41 heavy (non-hydrogen) atoms. The number of hydrogen-bond acceptors (Lipinski definition) is 7. The largest absolute Gasteiger partial charge is 0.496 e. The summed E-state index contributed by atoms with van der Waals surface area (Å²) in [5.74, 6) is 1.04. The molecule has 1 N–H and O–H groups in total. The number of nitrogens with zero attached hydrogens (tertiary/aromatic N) is 3. The van der Waals surface area contributed by atoms with Gasteiger partial charge >= 0.3 is 5.97 Å². The molecule has 0 aliphatic heterocycles. The van der Waals surface area contributed by atoms with Gasteiger partial charge in [0.05, 0.1) is 32.6 Å². The summed E-state index contributed by atoms with van der Waals surface area (Å²) in [5.41, 5.74) is 1.69.